The van der Waals surface area contributed by atoms with Gasteiger partial charge in [0.05, 0.1) is 0 Å². The number of hydrogen-bond donors (Lipinski definition) is 0. The molecule has 0 saturated heterocycles. The first-order chi connectivity index (χ1) is 8.79. The van der Waals surface area contributed by atoms with E-state index in [0.717, 1.165) is 5.56 Å². The molecule has 0 aliphatic carbocycles. The summed E-state index contributed by atoms with van der Waals surface area (Å²) in [5.41, 5.74) is 0.825. The van der Waals surface area contributed by atoms with E-state index >= 15 is 0 Å². The fourth-order valence-corrected chi connectivity index (χ4v) is 3.64. The van der Waals surface area contributed by atoms with Crippen LogP contribution in [0.3, 0.4) is 0 Å². The molecule has 3 heteroatoms. The van der Waals surface area contributed by atoms with Crippen molar-refractivity contribution in [2.24, 2.45) is 0 Å². The molecule has 0 spiro atoms. The fraction of sp³-hybridized carbons (Fsp3) is 0.133. The molecule has 0 aliphatic rings. The van der Waals surface area contributed by atoms with E-state index in [0.29, 0.717) is 5.32 Å². The molecule has 0 radical (unpaired) electrons. The molecule has 18 heavy (non-hydrogen) atoms. The Morgan fingerprint density at radius 3 is 2.33 bits per heavy atom. The third kappa shape index (κ3) is 3.74. The van der Waals surface area contributed by atoms with Crippen LogP contribution in [0.2, 0.25) is 5.32 Å². The Hall–Kier alpha value is -1.02. The molecule has 0 aliphatic heterocycles. The van der Waals surface area contributed by atoms with Gasteiger partial charge in [0, 0.05) is 0 Å². The molecule has 0 heterocycles. The van der Waals surface area contributed by atoms with Crippen LogP contribution in [0.4, 0.5) is 0 Å². The van der Waals surface area contributed by atoms with Gasteiger partial charge in [0.15, 0.2) is 0 Å². The Kier molecular flexibility index (Phi) is 5.06. The summed E-state index contributed by atoms with van der Waals surface area (Å²) in [6.07, 6.45) is 2.04. The van der Waals surface area contributed by atoms with Crippen LogP contribution in [0.25, 0.3) is 0 Å². The Labute approximate surface area is 118 Å². The molecule has 0 fully saturated rings. The molecule has 0 unspecified atom stereocenters. The molecule has 0 amide bonds. The van der Waals surface area contributed by atoms with Gasteiger partial charge in [-0.3, -0.25) is 0 Å². The second-order valence-corrected chi connectivity index (χ2v) is 6.83. The van der Waals surface area contributed by atoms with Crippen LogP contribution < -0.4 is 4.46 Å². The minimum absolute atomic E-state index is 0.233. The normalized spacial score (nSPS) is 10.3. The topological polar surface area (TPSA) is 17.1 Å². The first-order valence-corrected chi connectivity index (χ1v) is 8.94. The van der Waals surface area contributed by atoms with Crippen LogP contribution in [-0.2, 0) is 0 Å². The Bertz CT molecular complexity index is 508. The Balaban J connectivity index is 1.95. The van der Waals surface area contributed by atoms with Crippen LogP contribution in [0.5, 0.6) is 0 Å². The van der Waals surface area contributed by atoms with Gasteiger partial charge in [-0.05, 0) is 0 Å². The summed E-state index contributed by atoms with van der Waals surface area (Å²) in [5.74, 6) is 0.242. The first-order valence-electron chi connectivity index (χ1n) is 5.64. The van der Waals surface area contributed by atoms with Gasteiger partial charge >= 0.3 is 118 Å². The van der Waals surface area contributed by atoms with Crippen molar-refractivity contribution in [3.05, 3.63) is 60.2 Å². The third-order valence-corrected chi connectivity index (χ3v) is 5.39. The van der Waals surface area contributed by atoms with Gasteiger partial charge in [-0.15, -0.1) is 0 Å². The fourth-order valence-electron chi connectivity index (χ4n) is 1.53. The van der Waals surface area contributed by atoms with Gasteiger partial charge < -0.3 is 0 Å². The molecule has 0 N–H and O–H groups in total. The third-order valence-electron chi connectivity index (χ3n) is 2.53. The Morgan fingerprint density at radius 2 is 1.72 bits per heavy atom. The zero-order chi connectivity index (χ0) is 12.8. The molecule has 2 rings (SSSR count). The maximum absolute atomic E-state index is 12.0. The van der Waals surface area contributed by atoms with Crippen molar-refractivity contribution >= 4 is 37.0 Å². The summed E-state index contributed by atoms with van der Waals surface area (Å²) < 4.78 is 1.28. The van der Waals surface area contributed by atoms with E-state index in [1.165, 1.54) is 9.36 Å². The van der Waals surface area contributed by atoms with Gasteiger partial charge in [-0.1, -0.05) is 0 Å². The number of carbonyl (C=O) groups excluding carboxylic acids is 1. The van der Waals surface area contributed by atoms with E-state index in [1.807, 2.05) is 48.7 Å². The van der Waals surface area contributed by atoms with Gasteiger partial charge in [0.25, 0.3) is 0 Å². The van der Waals surface area contributed by atoms with Crippen molar-refractivity contribution in [2.75, 3.05) is 6.26 Å². The Morgan fingerprint density at radius 1 is 1.06 bits per heavy atom. The molecule has 92 valence electrons. The van der Waals surface area contributed by atoms with Crippen molar-refractivity contribution in [3.63, 3.8) is 0 Å². The van der Waals surface area contributed by atoms with Crippen molar-refractivity contribution in [2.45, 2.75) is 10.2 Å². The second-order valence-electron chi connectivity index (χ2n) is 3.75. The SMILES string of the molecule is CSc1ccc(C(=O)C[Se]c2ccccc2)cc1. The standard InChI is InChI=1S/C15H14OSSe/c1-17-13-9-7-12(8-10-13)15(16)11-18-14-5-3-2-4-6-14/h2-10H,11H2,1H3. The van der Waals surface area contributed by atoms with Crippen molar-refractivity contribution in [3.8, 4) is 0 Å². The number of hydrogen-bond acceptors (Lipinski definition) is 2. The second kappa shape index (κ2) is 6.79. The molecular weight excluding hydrogens is 307 g/mol. The van der Waals surface area contributed by atoms with Crippen LogP contribution in [0.1, 0.15) is 10.4 Å². The molecule has 0 aromatic heterocycles. The molecule has 0 atom stereocenters. The van der Waals surface area contributed by atoms with Gasteiger partial charge in [0.1, 0.15) is 0 Å². The van der Waals surface area contributed by atoms with E-state index in [4.69, 9.17) is 0 Å². The summed E-state index contributed by atoms with van der Waals surface area (Å²) in [6, 6.07) is 18.1. The number of benzene rings is 2. The van der Waals surface area contributed by atoms with E-state index in [2.05, 4.69) is 12.1 Å². The predicted molar refractivity (Wildman–Crippen MR) is 79.2 cm³/mol. The molecule has 2 aromatic carbocycles. The number of Topliss-reactive ketones (excluding diaryl/α,β-unsaturated/α-hetero) is 1. The van der Waals surface area contributed by atoms with Crippen LogP contribution >= 0.6 is 11.8 Å². The number of thioether (sulfide) groups is 1. The van der Waals surface area contributed by atoms with E-state index in [1.54, 1.807) is 11.8 Å². The molecule has 0 saturated carbocycles. The minimum atomic E-state index is 0.233. The molecular formula is C15H14OSSe. The first kappa shape index (κ1) is 13.4. The summed E-state index contributed by atoms with van der Waals surface area (Å²) in [6.45, 7) is 0. The molecule has 2 aromatic rings. The maximum atomic E-state index is 12.0. The molecule has 1 nitrogen and oxygen atoms in total. The predicted octanol–water partition coefficient (Wildman–Crippen LogP) is 3.04. The van der Waals surface area contributed by atoms with Gasteiger partial charge in [0.2, 0.25) is 0 Å². The quantitative estimate of drug-likeness (QED) is 0.478. The van der Waals surface area contributed by atoms with E-state index in [9.17, 15) is 4.79 Å². The number of rotatable bonds is 5. The average molecular weight is 321 g/mol. The van der Waals surface area contributed by atoms with E-state index < -0.39 is 0 Å². The van der Waals surface area contributed by atoms with Crippen molar-refractivity contribution in [1.29, 1.82) is 0 Å². The van der Waals surface area contributed by atoms with Crippen LogP contribution in [0, 0.1) is 0 Å². The van der Waals surface area contributed by atoms with Gasteiger partial charge in [-0.2, -0.15) is 0 Å². The summed E-state index contributed by atoms with van der Waals surface area (Å²) >= 11 is 1.92. The van der Waals surface area contributed by atoms with Gasteiger partial charge in [-0.25, -0.2) is 0 Å². The zero-order valence-electron chi connectivity index (χ0n) is 10.1. The summed E-state index contributed by atoms with van der Waals surface area (Å²) in [7, 11) is 0. The van der Waals surface area contributed by atoms with Crippen LogP contribution in [0.15, 0.2) is 59.5 Å². The van der Waals surface area contributed by atoms with E-state index in [-0.39, 0.29) is 20.7 Å². The zero-order valence-corrected chi connectivity index (χ0v) is 12.7. The monoisotopic (exact) mass is 322 g/mol. The van der Waals surface area contributed by atoms with Crippen molar-refractivity contribution in [1.82, 2.24) is 0 Å². The number of ketones is 1. The summed E-state index contributed by atoms with van der Waals surface area (Å²) in [4.78, 5) is 13.2. The average Bonchev–Trinajstić information content (AvgIpc) is 2.46. The van der Waals surface area contributed by atoms with Crippen LogP contribution in [-0.4, -0.2) is 27.0 Å². The van der Waals surface area contributed by atoms with Crippen molar-refractivity contribution < 1.29 is 4.79 Å². The summed E-state index contributed by atoms with van der Waals surface area (Å²) in [5, 5.41) is 0.635. The molecule has 0 bridgehead atoms. The number of carbonyl (C=O) groups is 1.